The molecular weight excluding hydrogens is 444 g/mol. The van der Waals surface area contributed by atoms with Crippen LogP contribution in [0.1, 0.15) is 24.1 Å². The second-order valence-electron chi connectivity index (χ2n) is 8.61. The third-order valence-corrected chi connectivity index (χ3v) is 7.55. The predicted molar refractivity (Wildman–Crippen MR) is 137 cm³/mol. The zero-order valence-corrected chi connectivity index (χ0v) is 20.2. The lowest BCUT2D eigenvalue weighted by molar-refractivity contribution is -0.172. The Morgan fingerprint density at radius 2 is 1.79 bits per heavy atom. The molecule has 176 valence electrons. The first-order chi connectivity index (χ1) is 16.7. The van der Waals surface area contributed by atoms with Crippen molar-refractivity contribution in [3.8, 4) is 5.75 Å². The topological polar surface area (TPSA) is 50.8 Å². The van der Waals surface area contributed by atoms with Crippen molar-refractivity contribution in [2.45, 2.75) is 29.9 Å². The normalized spacial score (nSPS) is 21.4. The van der Waals surface area contributed by atoms with E-state index in [9.17, 15) is 4.79 Å². The molecule has 6 heteroatoms. The van der Waals surface area contributed by atoms with Gasteiger partial charge in [0.15, 0.2) is 5.60 Å². The summed E-state index contributed by atoms with van der Waals surface area (Å²) in [5.41, 5.74) is 2.54. The Kier molecular flexibility index (Phi) is 6.79. The maximum atomic E-state index is 12.7. The van der Waals surface area contributed by atoms with Crippen molar-refractivity contribution in [1.82, 2.24) is 5.32 Å². The zero-order valence-electron chi connectivity index (χ0n) is 19.4. The number of nitrogens with one attached hydrogen (secondary N) is 1. The molecule has 2 unspecified atom stereocenters. The number of hydrogen-bond acceptors (Lipinski definition) is 5. The lowest BCUT2D eigenvalue weighted by Gasteiger charge is -2.48. The first-order valence-corrected chi connectivity index (χ1v) is 12.9. The van der Waals surface area contributed by atoms with Crippen LogP contribution in [0.5, 0.6) is 5.75 Å². The number of amides is 1. The molecule has 1 fully saturated rings. The van der Waals surface area contributed by atoms with Crippen LogP contribution in [0.25, 0.3) is 0 Å². The monoisotopic (exact) mass is 474 g/mol. The van der Waals surface area contributed by atoms with Crippen LogP contribution in [-0.2, 0) is 16.0 Å². The van der Waals surface area contributed by atoms with Crippen LogP contribution in [-0.4, -0.2) is 43.6 Å². The van der Waals surface area contributed by atoms with Crippen molar-refractivity contribution >= 4 is 23.4 Å². The van der Waals surface area contributed by atoms with Gasteiger partial charge in [0.1, 0.15) is 12.4 Å². The Hall–Kier alpha value is -2.96. The minimum absolute atomic E-state index is 0.0523. The maximum absolute atomic E-state index is 12.7. The predicted octanol–water partition coefficient (Wildman–Crippen LogP) is 4.87. The molecule has 5 nitrogen and oxygen atoms in total. The second-order valence-corrected chi connectivity index (χ2v) is 9.75. The SMILES string of the molecule is CCOC1(Cc2ccc(OCCN3CCSc4ccccc43)cc2)C(=O)NC1c1ccccc1. The average molecular weight is 475 g/mol. The van der Waals surface area contributed by atoms with Crippen LogP contribution < -0.4 is 15.0 Å². The third-order valence-electron chi connectivity index (χ3n) is 6.51. The van der Waals surface area contributed by atoms with E-state index < -0.39 is 5.60 Å². The van der Waals surface area contributed by atoms with Gasteiger partial charge in [-0.05, 0) is 42.3 Å². The summed E-state index contributed by atoms with van der Waals surface area (Å²) in [6.45, 7) is 4.93. The lowest BCUT2D eigenvalue weighted by atomic mass is 9.76. The van der Waals surface area contributed by atoms with Gasteiger partial charge in [-0.3, -0.25) is 4.79 Å². The molecule has 1 N–H and O–H groups in total. The summed E-state index contributed by atoms with van der Waals surface area (Å²) in [6.07, 6.45) is 0.523. The number of anilines is 1. The fraction of sp³-hybridized carbons (Fsp3) is 0.321. The molecule has 0 bridgehead atoms. The van der Waals surface area contributed by atoms with Crippen LogP contribution in [0.15, 0.2) is 83.8 Å². The maximum Gasteiger partial charge on any atom is 0.255 e. The molecule has 2 aliphatic heterocycles. The van der Waals surface area contributed by atoms with Crippen LogP contribution in [0.2, 0.25) is 0 Å². The number of para-hydroxylation sites is 1. The van der Waals surface area contributed by atoms with Crippen molar-refractivity contribution in [2.75, 3.05) is 37.0 Å². The molecule has 34 heavy (non-hydrogen) atoms. The van der Waals surface area contributed by atoms with E-state index in [-0.39, 0.29) is 11.9 Å². The number of thioether (sulfide) groups is 1. The summed E-state index contributed by atoms with van der Waals surface area (Å²) in [6, 6.07) is 26.5. The first-order valence-electron chi connectivity index (χ1n) is 11.9. The minimum atomic E-state index is -0.877. The fourth-order valence-corrected chi connectivity index (χ4v) is 5.85. The van der Waals surface area contributed by atoms with Crippen molar-refractivity contribution in [2.24, 2.45) is 0 Å². The summed E-state index contributed by atoms with van der Waals surface area (Å²) in [5.74, 6) is 1.89. The van der Waals surface area contributed by atoms with Crippen molar-refractivity contribution in [1.29, 1.82) is 0 Å². The number of β-lactam (4-membered cyclic amide) rings is 1. The highest BCUT2D eigenvalue weighted by atomic mass is 32.2. The molecule has 2 atom stereocenters. The van der Waals surface area contributed by atoms with E-state index >= 15 is 0 Å². The lowest BCUT2D eigenvalue weighted by Crippen LogP contribution is -2.69. The van der Waals surface area contributed by atoms with Crippen LogP contribution in [0.3, 0.4) is 0 Å². The number of carbonyl (C=O) groups excluding carboxylic acids is 1. The van der Waals surface area contributed by atoms with Crippen molar-refractivity contribution < 1.29 is 14.3 Å². The summed E-state index contributed by atoms with van der Waals surface area (Å²) >= 11 is 1.92. The van der Waals surface area contributed by atoms with Gasteiger partial charge in [-0.1, -0.05) is 54.6 Å². The molecule has 0 spiro atoms. The molecular formula is C28H30N2O3S. The highest BCUT2D eigenvalue weighted by Crippen LogP contribution is 2.40. The van der Waals surface area contributed by atoms with Gasteiger partial charge in [-0.2, -0.15) is 0 Å². The molecule has 2 heterocycles. The van der Waals surface area contributed by atoms with Gasteiger partial charge in [0.25, 0.3) is 5.91 Å². The molecule has 1 saturated heterocycles. The first kappa shape index (κ1) is 22.8. The molecule has 0 aliphatic carbocycles. The largest absolute Gasteiger partial charge is 0.492 e. The summed E-state index contributed by atoms with van der Waals surface area (Å²) in [5, 5.41) is 3.04. The quantitative estimate of drug-likeness (QED) is 0.449. The van der Waals surface area contributed by atoms with E-state index in [0.29, 0.717) is 19.6 Å². The molecule has 0 aromatic heterocycles. The molecule has 3 aromatic carbocycles. The van der Waals surface area contributed by atoms with Crippen LogP contribution in [0.4, 0.5) is 5.69 Å². The van der Waals surface area contributed by atoms with Crippen molar-refractivity contribution in [3.05, 3.63) is 90.0 Å². The summed E-state index contributed by atoms with van der Waals surface area (Å²) < 4.78 is 12.1. The zero-order chi connectivity index (χ0) is 23.4. The second kappa shape index (κ2) is 10.1. The van der Waals surface area contributed by atoms with Gasteiger partial charge in [0, 0.05) is 30.2 Å². The molecule has 1 amide bonds. The number of ether oxygens (including phenoxy) is 2. The van der Waals surface area contributed by atoms with E-state index in [1.54, 1.807) is 0 Å². The molecule has 5 rings (SSSR count). The van der Waals surface area contributed by atoms with Crippen LogP contribution in [0, 0.1) is 0 Å². The van der Waals surface area contributed by atoms with Gasteiger partial charge in [0.2, 0.25) is 0 Å². The summed E-state index contributed by atoms with van der Waals surface area (Å²) in [4.78, 5) is 16.4. The summed E-state index contributed by atoms with van der Waals surface area (Å²) in [7, 11) is 0. The Morgan fingerprint density at radius 1 is 1.03 bits per heavy atom. The number of fused-ring (bicyclic) bond motifs is 1. The minimum Gasteiger partial charge on any atom is -0.492 e. The number of carbonyl (C=O) groups is 1. The van der Waals surface area contributed by atoms with E-state index in [1.807, 2.05) is 73.3 Å². The number of rotatable bonds is 9. The van der Waals surface area contributed by atoms with E-state index in [0.717, 1.165) is 35.7 Å². The van der Waals surface area contributed by atoms with Gasteiger partial charge >= 0.3 is 0 Å². The van der Waals surface area contributed by atoms with Gasteiger partial charge in [-0.25, -0.2) is 0 Å². The average Bonchev–Trinajstić information content (AvgIpc) is 2.88. The number of nitrogens with zero attached hydrogens (tertiary/aromatic N) is 1. The Labute approximate surface area is 205 Å². The number of benzene rings is 3. The smallest absolute Gasteiger partial charge is 0.255 e. The van der Waals surface area contributed by atoms with Gasteiger partial charge < -0.3 is 19.7 Å². The molecule has 3 aromatic rings. The van der Waals surface area contributed by atoms with E-state index in [4.69, 9.17) is 9.47 Å². The van der Waals surface area contributed by atoms with Crippen molar-refractivity contribution in [3.63, 3.8) is 0 Å². The molecule has 2 aliphatic rings. The third kappa shape index (κ3) is 4.52. The van der Waals surface area contributed by atoms with Crippen LogP contribution >= 0.6 is 11.8 Å². The van der Waals surface area contributed by atoms with Gasteiger partial charge in [-0.15, -0.1) is 11.8 Å². The Bertz CT molecular complexity index is 1120. The molecule has 0 radical (unpaired) electrons. The fourth-order valence-electron chi connectivity index (χ4n) is 4.80. The van der Waals surface area contributed by atoms with Gasteiger partial charge in [0.05, 0.1) is 18.3 Å². The highest BCUT2D eigenvalue weighted by molar-refractivity contribution is 7.99. The Balaban J connectivity index is 1.21. The highest BCUT2D eigenvalue weighted by Gasteiger charge is 2.56. The van der Waals surface area contributed by atoms with E-state index in [1.165, 1.54) is 10.6 Å². The standard InChI is InChI=1S/C28H30N2O3S/c1-2-33-28(26(29-27(28)31)22-8-4-3-5-9-22)20-21-12-14-23(15-13-21)32-18-16-30-17-19-34-25-11-7-6-10-24(25)30/h3-15,26H,2,16-20H2,1H3,(H,29,31). The number of hydrogen-bond donors (Lipinski definition) is 1. The van der Waals surface area contributed by atoms with E-state index in [2.05, 4.69) is 34.5 Å². The Morgan fingerprint density at radius 3 is 2.56 bits per heavy atom. The molecule has 0 saturated carbocycles.